The molecular weight excluding hydrogens is 258 g/mol. The largest absolute Gasteiger partial charge is 0.384 e. The third-order valence-electron chi connectivity index (χ3n) is 4.74. The lowest BCUT2D eigenvalue weighted by Gasteiger charge is -2.30. The van der Waals surface area contributed by atoms with Crippen molar-refractivity contribution in [3.05, 3.63) is 29.3 Å². The van der Waals surface area contributed by atoms with Crippen molar-refractivity contribution in [1.82, 2.24) is 0 Å². The van der Waals surface area contributed by atoms with Gasteiger partial charge in [0.2, 0.25) is 0 Å². The molecule has 1 fully saturated rings. The molecule has 1 aliphatic rings. The van der Waals surface area contributed by atoms with Gasteiger partial charge in [0.05, 0.1) is 0 Å². The van der Waals surface area contributed by atoms with Crippen molar-refractivity contribution in [2.24, 2.45) is 17.1 Å². The first kappa shape index (κ1) is 15.9. The lowest BCUT2D eigenvalue weighted by atomic mass is 9.77. The number of amidine groups is 1. The van der Waals surface area contributed by atoms with E-state index < -0.39 is 0 Å². The van der Waals surface area contributed by atoms with Gasteiger partial charge in [-0.15, -0.1) is 0 Å². The van der Waals surface area contributed by atoms with Gasteiger partial charge >= 0.3 is 0 Å². The van der Waals surface area contributed by atoms with Crippen LogP contribution in [0.2, 0.25) is 0 Å². The second-order valence-electron chi connectivity index (χ2n) is 7.42. The number of nitrogens with two attached hydrogens (primary N) is 1. The van der Waals surface area contributed by atoms with Gasteiger partial charge in [-0.2, -0.15) is 0 Å². The van der Waals surface area contributed by atoms with E-state index in [4.69, 9.17) is 11.1 Å². The quantitative estimate of drug-likeness (QED) is 0.639. The van der Waals surface area contributed by atoms with Gasteiger partial charge in [0.25, 0.3) is 0 Å². The number of benzene rings is 1. The standard InChI is InChI=1S/C18H29N3/c1-13-7-8-16(15(12-13)17(19)20)21-10-5-6-14(9-11-21)18(2,3)4/h7-8,12,14H,5-6,9-11H2,1-4H3,(H3,19,20). The van der Waals surface area contributed by atoms with Crippen LogP contribution in [0.3, 0.4) is 0 Å². The topological polar surface area (TPSA) is 53.1 Å². The van der Waals surface area contributed by atoms with Crippen molar-refractivity contribution in [2.75, 3.05) is 18.0 Å². The molecule has 21 heavy (non-hydrogen) atoms. The fourth-order valence-electron chi connectivity index (χ4n) is 3.34. The van der Waals surface area contributed by atoms with E-state index in [0.29, 0.717) is 5.41 Å². The highest BCUT2D eigenvalue weighted by atomic mass is 15.1. The predicted octanol–water partition coefficient (Wildman–Crippen LogP) is 3.93. The summed E-state index contributed by atoms with van der Waals surface area (Å²) in [6, 6.07) is 6.28. The first-order valence-corrected chi connectivity index (χ1v) is 7.99. The fourth-order valence-corrected chi connectivity index (χ4v) is 3.34. The van der Waals surface area contributed by atoms with E-state index in [9.17, 15) is 0 Å². The summed E-state index contributed by atoms with van der Waals surface area (Å²) in [5.74, 6) is 0.944. The molecule has 0 aliphatic carbocycles. The maximum Gasteiger partial charge on any atom is 0.124 e. The summed E-state index contributed by atoms with van der Waals surface area (Å²) in [5, 5.41) is 7.84. The van der Waals surface area contributed by atoms with Crippen LogP contribution >= 0.6 is 0 Å². The Kier molecular flexibility index (Phi) is 4.60. The van der Waals surface area contributed by atoms with E-state index in [1.165, 1.54) is 19.3 Å². The molecule has 3 N–H and O–H groups in total. The van der Waals surface area contributed by atoms with Crippen molar-refractivity contribution in [1.29, 1.82) is 5.41 Å². The molecule has 0 saturated carbocycles. The molecule has 0 spiro atoms. The van der Waals surface area contributed by atoms with Gasteiger partial charge in [-0.3, -0.25) is 5.41 Å². The highest BCUT2D eigenvalue weighted by Crippen LogP contribution is 2.35. The van der Waals surface area contributed by atoms with Crippen LogP contribution in [0.25, 0.3) is 0 Å². The van der Waals surface area contributed by atoms with E-state index in [-0.39, 0.29) is 5.84 Å². The third kappa shape index (κ3) is 3.78. The van der Waals surface area contributed by atoms with E-state index in [0.717, 1.165) is 35.8 Å². The molecule has 1 unspecified atom stereocenters. The normalized spacial score (nSPS) is 20.2. The van der Waals surface area contributed by atoms with Crippen molar-refractivity contribution < 1.29 is 0 Å². The number of hydrogen-bond donors (Lipinski definition) is 2. The second kappa shape index (κ2) is 6.08. The van der Waals surface area contributed by atoms with Crippen LogP contribution in [-0.2, 0) is 0 Å². The minimum atomic E-state index is 0.172. The van der Waals surface area contributed by atoms with E-state index in [1.54, 1.807) is 0 Å². The fraction of sp³-hybridized carbons (Fsp3) is 0.611. The summed E-state index contributed by atoms with van der Waals surface area (Å²) in [6.07, 6.45) is 3.73. The highest BCUT2D eigenvalue weighted by Gasteiger charge is 2.27. The Hall–Kier alpha value is -1.51. The van der Waals surface area contributed by atoms with Crippen molar-refractivity contribution in [3.63, 3.8) is 0 Å². The summed E-state index contributed by atoms with van der Waals surface area (Å²) in [6.45, 7) is 11.2. The van der Waals surface area contributed by atoms with Gasteiger partial charge in [-0.05, 0) is 49.7 Å². The Balaban J connectivity index is 2.22. The number of rotatable bonds is 2. The molecule has 0 amide bonds. The van der Waals surface area contributed by atoms with Gasteiger partial charge in [-0.1, -0.05) is 32.4 Å². The molecule has 1 heterocycles. The molecule has 0 radical (unpaired) electrons. The molecule has 116 valence electrons. The Labute approximate surface area is 129 Å². The summed E-state index contributed by atoms with van der Waals surface area (Å²) in [4.78, 5) is 2.42. The molecule has 0 bridgehead atoms. The van der Waals surface area contributed by atoms with Gasteiger partial charge in [0.1, 0.15) is 5.84 Å². The summed E-state index contributed by atoms with van der Waals surface area (Å²) < 4.78 is 0. The van der Waals surface area contributed by atoms with Crippen molar-refractivity contribution in [3.8, 4) is 0 Å². The molecule has 2 rings (SSSR count). The Morgan fingerprint density at radius 3 is 2.57 bits per heavy atom. The highest BCUT2D eigenvalue weighted by molar-refractivity contribution is 6.00. The monoisotopic (exact) mass is 287 g/mol. The van der Waals surface area contributed by atoms with Crippen LogP contribution in [0.1, 0.15) is 51.2 Å². The van der Waals surface area contributed by atoms with E-state index >= 15 is 0 Å². The Morgan fingerprint density at radius 2 is 1.95 bits per heavy atom. The molecule has 1 saturated heterocycles. The zero-order valence-electron chi connectivity index (χ0n) is 13.9. The smallest absolute Gasteiger partial charge is 0.124 e. The number of hydrogen-bond acceptors (Lipinski definition) is 2. The van der Waals surface area contributed by atoms with Crippen LogP contribution in [0.15, 0.2) is 18.2 Å². The first-order valence-electron chi connectivity index (χ1n) is 7.99. The lowest BCUT2D eigenvalue weighted by molar-refractivity contribution is 0.220. The minimum absolute atomic E-state index is 0.172. The SMILES string of the molecule is Cc1ccc(N2CCCC(C(C)(C)C)CC2)c(C(=N)N)c1. The molecule has 1 atom stereocenters. The predicted molar refractivity (Wildman–Crippen MR) is 91.2 cm³/mol. The third-order valence-corrected chi connectivity index (χ3v) is 4.74. The van der Waals surface area contributed by atoms with Crippen LogP contribution in [0.4, 0.5) is 5.69 Å². The average molecular weight is 287 g/mol. The molecule has 0 aromatic heterocycles. The molecule has 3 heteroatoms. The van der Waals surface area contributed by atoms with Gasteiger partial charge < -0.3 is 10.6 Å². The summed E-state index contributed by atoms with van der Waals surface area (Å²) >= 11 is 0. The van der Waals surface area contributed by atoms with Crippen LogP contribution < -0.4 is 10.6 Å². The number of nitrogens with one attached hydrogen (secondary N) is 1. The molecule has 1 aromatic carbocycles. The first-order chi connectivity index (χ1) is 9.79. The van der Waals surface area contributed by atoms with Gasteiger partial charge in [0.15, 0.2) is 0 Å². The average Bonchev–Trinajstić information content (AvgIpc) is 2.63. The van der Waals surface area contributed by atoms with Crippen molar-refractivity contribution in [2.45, 2.75) is 47.0 Å². The number of nitrogen functional groups attached to an aromatic ring is 1. The van der Waals surface area contributed by atoms with E-state index in [1.807, 2.05) is 13.0 Å². The number of aryl methyl sites for hydroxylation is 1. The number of anilines is 1. The Bertz CT molecular complexity index is 514. The molecular formula is C18H29N3. The molecule has 3 nitrogen and oxygen atoms in total. The van der Waals surface area contributed by atoms with Crippen LogP contribution in [0.5, 0.6) is 0 Å². The van der Waals surface area contributed by atoms with Crippen LogP contribution in [-0.4, -0.2) is 18.9 Å². The minimum Gasteiger partial charge on any atom is -0.384 e. The molecule has 1 aromatic rings. The molecule has 1 aliphatic heterocycles. The van der Waals surface area contributed by atoms with E-state index in [2.05, 4.69) is 37.8 Å². The zero-order valence-corrected chi connectivity index (χ0v) is 13.9. The van der Waals surface area contributed by atoms with Gasteiger partial charge in [0, 0.05) is 24.3 Å². The second-order valence-corrected chi connectivity index (χ2v) is 7.42. The van der Waals surface area contributed by atoms with Crippen LogP contribution in [0, 0.1) is 23.7 Å². The lowest BCUT2D eigenvalue weighted by Crippen LogP contribution is -2.28. The van der Waals surface area contributed by atoms with Crippen molar-refractivity contribution >= 4 is 11.5 Å². The summed E-state index contributed by atoms with van der Waals surface area (Å²) in [7, 11) is 0. The Morgan fingerprint density at radius 1 is 1.24 bits per heavy atom. The summed E-state index contributed by atoms with van der Waals surface area (Å²) in [5.41, 5.74) is 9.33. The maximum absolute atomic E-state index is 7.84. The number of nitrogens with zero attached hydrogens (tertiary/aromatic N) is 1. The van der Waals surface area contributed by atoms with Gasteiger partial charge in [-0.25, -0.2) is 0 Å². The zero-order chi connectivity index (χ0) is 15.6. The maximum atomic E-state index is 7.84.